The molecule has 1 aromatic heterocycles. The Balaban J connectivity index is 2.59. The summed E-state index contributed by atoms with van der Waals surface area (Å²) < 4.78 is 44.3. The van der Waals surface area contributed by atoms with Crippen molar-refractivity contribution >= 4 is 16.0 Å². The lowest BCUT2D eigenvalue weighted by Gasteiger charge is -2.07. The number of nitrogens with one attached hydrogen (secondary N) is 2. The maximum absolute atomic E-state index is 12.7. The summed E-state index contributed by atoms with van der Waals surface area (Å²) in [4.78, 5) is 3.36. The van der Waals surface area contributed by atoms with Gasteiger partial charge in [0.15, 0.2) is 0 Å². The molecule has 0 aromatic carbocycles. The third kappa shape index (κ3) is 4.51. The first-order valence-corrected chi connectivity index (χ1v) is 5.91. The van der Waals surface area contributed by atoms with E-state index in [0.717, 1.165) is 6.07 Å². The number of methoxy groups -OCH3 is 1. The van der Waals surface area contributed by atoms with Crippen LogP contribution in [0.4, 0.5) is 10.2 Å². The van der Waals surface area contributed by atoms with Crippen molar-refractivity contribution in [1.82, 2.24) is 9.71 Å². The predicted molar refractivity (Wildman–Crippen MR) is 56.6 cm³/mol. The smallest absolute Gasteiger partial charge is 0.300 e. The summed E-state index contributed by atoms with van der Waals surface area (Å²) in [6.07, 6.45) is 0. The standard InChI is InChI=1S/C8H12FN3O3S/c1-15-6-5-10-16(13,14)12-8-4-2-3-7(9)11-8/h2-4,10H,5-6H2,1H3,(H,11,12). The van der Waals surface area contributed by atoms with Gasteiger partial charge in [-0.3, -0.25) is 4.72 Å². The largest absolute Gasteiger partial charge is 0.383 e. The van der Waals surface area contributed by atoms with E-state index in [-0.39, 0.29) is 19.0 Å². The van der Waals surface area contributed by atoms with Crippen LogP contribution in [0, 0.1) is 5.95 Å². The lowest BCUT2D eigenvalue weighted by atomic mass is 10.5. The first-order valence-electron chi connectivity index (χ1n) is 4.42. The number of pyridine rings is 1. The van der Waals surface area contributed by atoms with Gasteiger partial charge in [-0.05, 0) is 12.1 Å². The van der Waals surface area contributed by atoms with E-state index in [1.54, 1.807) is 0 Å². The molecule has 90 valence electrons. The molecule has 1 rings (SSSR count). The lowest BCUT2D eigenvalue weighted by Crippen LogP contribution is -2.32. The molecule has 0 saturated carbocycles. The molecule has 1 heterocycles. The Labute approximate surface area is 93.0 Å². The van der Waals surface area contributed by atoms with Crippen LogP contribution >= 0.6 is 0 Å². The molecule has 0 aliphatic heterocycles. The van der Waals surface area contributed by atoms with Gasteiger partial charge >= 0.3 is 0 Å². The monoisotopic (exact) mass is 249 g/mol. The van der Waals surface area contributed by atoms with Crippen LogP contribution in [-0.4, -0.2) is 33.7 Å². The molecule has 16 heavy (non-hydrogen) atoms. The fraction of sp³-hybridized carbons (Fsp3) is 0.375. The van der Waals surface area contributed by atoms with Crippen molar-refractivity contribution in [2.24, 2.45) is 0 Å². The quantitative estimate of drug-likeness (QED) is 0.554. The summed E-state index contributed by atoms with van der Waals surface area (Å²) in [5.74, 6) is -0.831. The zero-order valence-electron chi connectivity index (χ0n) is 8.60. The van der Waals surface area contributed by atoms with E-state index in [2.05, 4.69) is 19.2 Å². The highest BCUT2D eigenvalue weighted by molar-refractivity contribution is 7.90. The number of nitrogens with zero attached hydrogens (tertiary/aromatic N) is 1. The minimum Gasteiger partial charge on any atom is -0.383 e. The minimum absolute atomic E-state index is 0.0788. The van der Waals surface area contributed by atoms with Crippen LogP contribution in [0.3, 0.4) is 0 Å². The van der Waals surface area contributed by atoms with Crippen molar-refractivity contribution < 1.29 is 17.5 Å². The number of hydrogen-bond acceptors (Lipinski definition) is 4. The third-order valence-corrected chi connectivity index (χ3v) is 2.61. The van der Waals surface area contributed by atoms with Crippen molar-refractivity contribution in [2.75, 3.05) is 25.0 Å². The average Bonchev–Trinajstić information content (AvgIpc) is 2.17. The van der Waals surface area contributed by atoms with Crippen molar-refractivity contribution in [3.63, 3.8) is 0 Å². The van der Waals surface area contributed by atoms with Gasteiger partial charge in [0.25, 0.3) is 10.2 Å². The van der Waals surface area contributed by atoms with E-state index in [1.807, 2.05) is 0 Å². The molecule has 0 amide bonds. The van der Waals surface area contributed by atoms with E-state index >= 15 is 0 Å². The van der Waals surface area contributed by atoms with E-state index in [0.29, 0.717) is 0 Å². The van der Waals surface area contributed by atoms with Gasteiger partial charge in [0.05, 0.1) is 6.61 Å². The van der Waals surface area contributed by atoms with Crippen LogP contribution in [0.2, 0.25) is 0 Å². The zero-order valence-corrected chi connectivity index (χ0v) is 9.42. The second kappa shape index (κ2) is 5.73. The van der Waals surface area contributed by atoms with Gasteiger partial charge in [-0.25, -0.2) is 4.98 Å². The van der Waals surface area contributed by atoms with E-state index in [1.165, 1.54) is 19.2 Å². The average molecular weight is 249 g/mol. The van der Waals surface area contributed by atoms with Gasteiger partial charge in [0, 0.05) is 13.7 Å². The van der Waals surface area contributed by atoms with Crippen molar-refractivity contribution in [3.8, 4) is 0 Å². The van der Waals surface area contributed by atoms with Crippen LogP contribution in [0.25, 0.3) is 0 Å². The van der Waals surface area contributed by atoms with Crippen LogP contribution in [-0.2, 0) is 14.9 Å². The lowest BCUT2D eigenvalue weighted by molar-refractivity contribution is 0.204. The summed E-state index contributed by atoms with van der Waals surface area (Å²) in [7, 11) is -2.28. The molecule has 0 saturated heterocycles. The molecule has 0 atom stereocenters. The molecule has 2 N–H and O–H groups in total. The molecule has 0 unspecified atom stereocenters. The second-order valence-corrected chi connectivity index (χ2v) is 4.34. The Morgan fingerprint density at radius 3 is 2.88 bits per heavy atom. The van der Waals surface area contributed by atoms with Crippen LogP contribution in [0.15, 0.2) is 18.2 Å². The Kier molecular flexibility index (Phi) is 4.59. The maximum Gasteiger partial charge on any atom is 0.300 e. The molecule has 8 heteroatoms. The summed E-state index contributed by atoms with van der Waals surface area (Å²) >= 11 is 0. The van der Waals surface area contributed by atoms with E-state index in [9.17, 15) is 12.8 Å². The van der Waals surface area contributed by atoms with Gasteiger partial charge in [-0.15, -0.1) is 0 Å². The zero-order chi connectivity index (χ0) is 12.0. The first-order chi connectivity index (χ1) is 7.53. The van der Waals surface area contributed by atoms with Crippen LogP contribution in [0.1, 0.15) is 0 Å². The normalized spacial score (nSPS) is 11.4. The molecule has 0 radical (unpaired) electrons. The summed E-state index contributed by atoms with van der Waals surface area (Å²) in [5, 5.41) is 0. The number of halogens is 1. The second-order valence-electron chi connectivity index (χ2n) is 2.84. The van der Waals surface area contributed by atoms with Gasteiger partial charge < -0.3 is 4.74 Å². The number of ether oxygens (including phenoxy) is 1. The van der Waals surface area contributed by atoms with E-state index in [4.69, 9.17) is 0 Å². The van der Waals surface area contributed by atoms with Gasteiger partial charge in [-0.1, -0.05) is 6.07 Å². The fourth-order valence-electron chi connectivity index (χ4n) is 0.917. The van der Waals surface area contributed by atoms with Crippen molar-refractivity contribution in [3.05, 3.63) is 24.1 Å². The van der Waals surface area contributed by atoms with Crippen LogP contribution in [0.5, 0.6) is 0 Å². The van der Waals surface area contributed by atoms with E-state index < -0.39 is 16.2 Å². The van der Waals surface area contributed by atoms with Crippen LogP contribution < -0.4 is 9.44 Å². The summed E-state index contributed by atoms with van der Waals surface area (Å²) in [5.41, 5.74) is 0. The predicted octanol–water partition coefficient (Wildman–Crippen LogP) is 0.113. The molecule has 6 nitrogen and oxygen atoms in total. The highest BCUT2D eigenvalue weighted by Crippen LogP contribution is 2.04. The SMILES string of the molecule is COCCNS(=O)(=O)Nc1cccc(F)n1. The van der Waals surface area contributed by atoms with Gasteiger partial charge in [-0.2, -0.15) is 17.5 Å². The van der Waals surface area contributed by atoms with Crippen molar-refractivity contribution in [1.29, 1.82) is 0 Å². The molecule has 1 aromatic rings. The maximum atomic E-state index is 12.7. The molecule has 0 fully saturated rings. The fourth-order valence-corrected chi connectivity index (χ4v) is 1.73. The minimum atomic E-state index is -3.73. The Bertz CT molecular complexity index is 438. The topological polar surface area (TPSA) is 80.3 Å². The van der Waals surface area contributed by atoms with Gasteiger partial charge in [0.2, 0.25) is 5.95 Å². The molecular weight excluding hydrogens is 237 g/mol. The number of rotatable bonds is 6. The molecular formula is C8H12FN3O3S. The summed E-state index contributed by atoms with van der Waals surface area (Å²) in [6, 6.07) is 3.82. The third-order valence-electron chi connectivity index (χ3n) is 1.55. The van der Waals surface area contributed by atoms with Crippen molar-refractivity contribution in [2.45, 2.75) is 0 Å². The highest BCUT2D eigenvalue weighted by atomic mass is 32.2. The highest BCUT2D eigenvalue weighted by Gasteiger charge is 2.09. The molecule has 0 aliphatic carbocycles. The number of aromatic nitrogens is 1. The number of hydrogen-bond donors (Lipinski definition) is 2. The molecule has 0 bridgehead atoms. The Morgan fingerprint density at radius 1 is 1.50 bits per heavy atom. The number of anilines is 1. The van der Waals surface area contributed by atoms with Gasteiger partial charge in [0.1, 0.15) is 5.82 Å². The summed E-state index contributed by atoms with van der Waals surface area (Å²) in [6.45, 7) is 0.374. The molecule has 0 spiro atoms. The molecule has 0 aliphatic rings. The first kappa shape index (κ1) is 12.8. The Hall–Kier alpha value is -1.25. The Morgan fingerprint density at radius 2 is 2.25 bits per heavy atom.